The summed E-state index contributed by atoms with van der Waals surface area (Å²) in [6.07, 6.45) is 0.159. The van der Waals surface area contributed by atoms with Crippen molar-refractivity contribution in [2.45, 2.75) is 25.3 Å². The van der Waals surface area contributed by atoms with Gasteiger partial charge in [0.05, 0.1) is 36.6 Å². The SMILES string of the molecule is C[C@@]1(c2cccc(C#N)c2)NC(=O)N(CC(=O)N(CCC#N)CCC#N)C1=O. The van der Waals surface area contributed by atoms with E-state index < -0.39 is 29.9 Å². The van der Waals surface area contributed by atoms with Gasteiger partial charge in [-0.25, -0.2) is 4.79 Å². The molecule has 9 heteroatoms. The Labute approximate surface area is 162 Å². The van der Waals surface area contributed by atoms with E-state index in [1.807, 2.05) is 18.2 Å². The van der Waals surface area contributed by atoms with E-state index >= 15 is 0 Å². The molecule has 28 heavy (non-hydrogen) atoms. The van der Waals surface area contributed by atoms with Crippen molar-refractivity contribution in [1.82, 2.24) is 15.1 Å². The van der Waals surface area contributed by atoms with Crippen molar-refractivity contribution in [3.63, 3.8) is 0 Å². The van der Waals surface area contributed by atoms with Crippen LogP contribution in [0, 0.1) is 34.0 Å². The summed E-state index contributed by atoms with van der Waals surface area (Å²) in [6.45, 7) is 1.25. The molecular formula is C19H18N6O3. The van der Waals surface area contributed by atoms with Gasteiger partial charge in [0.25, 0.3) is 5.91 Å². The molecule has 1 saturated heterocycles. The lowest BCUT2D eigenvalue weighted by molar-refractivity contribution is -0.138. The maximum atomic E-state index is 12.9. The van der Waals surface area contributed by atoms with Crippen LogP contribution >= 0.6 is 0 Å². The second kappa shape index (κ2) is 8.66. The van der Waals surface area contributed by atoms with E-state index in [2.05, 4.69) is 5.32 Å². The number of urea groups is 1. The monoisotopic (exact) mass is 378 g/mol. The fourth-order valence-corrected chi connectivity index (χ4v) is 2.90. The van der Waals surface area contributed by atoms with Gasteiger partial charge in [0.2, 0.25) is 5.91 Å². The Balaban J connectivity index is 2.20. The Hall–Kier alpha value is -3.90. The van der Waals surface area contributed by atoms with Gasteiger partial charge in [0, 0.05) is 13.1 Å². The molecule has 1 aliphatic heterocycles. The first kappa shape index (κ1) is 20.4. The number of nitrogens with zero attached hydrogens (tertiary/aromatic N) is 5. The number of carbonyl (C=O) groups is 3. The topological polar surface area (TPSA) is 141 Å². The standard InChI is InChI=1S/C19H18N6O3/c1-19(15-6-2-5-14(11-15)12-22)17(27)25(18(28)23-19)13-16(26)24(9-3-7-20)10-4-8-21/h2,5-6,11H,3-4,9-10,13H2,1H3,(H,23,28)/t19-/m0/s1. The van der Waals surface area contributed by atoms with E-state index in [1.54, 1.807) is 18.2 Å². The van der Waals surface area contributed by atoms with E-state index in [1.165, 1.54) is 17.9 Å². The highest BCUT2D eigenvalue weighted by Gasteiger charge is 2.49. The lowest BCUT2D eigenvalue weighted by atomic mass is 9.91. The molecule has 1 fully saturated rings. The van der Waals surface area contributed by atoms with Crippen LogP contribution in [0.3, 0.4) is 0 Å². The van der Waals surface area contributed by atoms with Crippen LogP contribution in [0.4, 0.5) is 4.79 Å². The second-order valence-corrected chi connectivity index (χ2v) is 6.34. The molecule has 1 aromatic rings. The van der Waals surface area contributed by atoms with Crippen LogP contribution in [0.25, 0.3) is 0 Å². The van der Waals surface area contributed by atoms with Gasteiger partial charge in [0.15, 0.2) is 0 Å². The fourth-order valence-electron chi connectivity index (χ4n) is 2.90. The maximum absolute atomic E-state index is 12.9. The number of imide groups is 1. The summed E-state index contributed by atoms with van der Waals surface area (Å²) in [5.74, 6) is -1.13. The number of amides is 4. The lowest BCUT2D eigenvalue weighted by Gasteiger charge is -2.24. The Morgan fingerprint density at radius 3 is 2.39 bits per heavy atom. The molecule has 0 aliphatic carbocycles. The minimum absolute atomic E-state index is 0.0793. The van der Waals surface area contributed by atoms with Crippen molar-refractivity contribution in [1.29, 1.82) is 15.8 Å². The van der Waals surface area contributed by atoms with Gasteiger partial charge in [-0.2, -0.15) is 15.8 Å². The number of benzene rings is 1. The molecule has 9 nitrogen and oxygen atoms in total. The molecule has 142 valence electrons. The second-order valence-electron chi connectivity index (χ2n) is 6.34. The molecule has 1 N–H and O–H groups in total. The summed E-state index contributed by atoms with van der Waals surface area (Å²) in [5.41, 5.74) is -0.617. The number of hydrogen-bond acceptors (Lipinski definition) is 6. The zero-order valence-electron chi connectivity index (χ0n) is 15.3. The zero-order chi connectivity index (χ0) is 20.7. The van der Waals surface area contributed by atoms with Crippen LogP contribution in [0.1, 0.15) is 30.9 Å². The summed E-state index contributed by atoms with van der Waals surface area (Å²) in [7, 11) is 0. The molecule has 0 unspecified atom stereocenters. The molecule has 1 aromatic carbocycles. The molecule has 0 saturated carbocycles. The summed E-state index contributed by atoms with van der Waals surface area (Å²) < 4.78 is 0. The van der Waals surface area contributed by atoms with E-state index in [4.69, 9.17) is 15.8 Å². The van der Waals surface area contributed by atoms with Crippen molar-refractivity contribution < 1.29 is 14.4 Å². The predicted octanol–water partition coefficient (Wildman–Crippen LogP) is 0.981. The Morgan fingerprint density at radius 2 is 1.82 bits per heavy atom. The Morgan fingerprint density at radius 1 is 1.18 bits per heavy atom. The molecule has 4 amide bonds. The van der Waals surface area contributed by atoms with Crippen LogP contribution < -0.4 is 5.32 Å². The van der Waals surface area contributed by atoms with Crippen molar-refractivity contribution in [3.05, 3.63) is 35.4 Å². The first-order chi connectivity index (χ1) is 13.4. The van der Waals surface area contributed by atoms with E-state index in [9.17, 15) is 14.4 Å². The highest BCUT2D eigenvalue weighted by molar-refractivity contribution is 6.09. The van der Waals surface area contributed by atoms with E-state index in [-0.39, 0.29) is 25.9 Å². The van der Waals surface area contributed by atoms with Gasteiger partial charge in [-0.15, -0.1) is 0 Å². The average Bonchev–Trinajstić information content (AvgIpc) is 2.92. The molecule has 1 atom stereocenters. The van der Waals surface area contributed by atoms with Gasteiger partial charge >= 0.3 is 6.03 Å². The third-order valence-electron chi connectivity index (χ3n) is 4.48. The summed E-state index contributed by atoms with van der Waals surface area (Å²) in [4.78, 5) is 39.9. The average molecular weight is 378 g/mol. The van der Waals surface area contributed by atoms with Gasteiger partial charge in [-0.1, -0.05) is 12.1 Å². The van der Waals surface area contributed by atoms with Crippen molar-refractivity contribution in [2.24, 2.45) is 0 Å². The Bertz CT molecular complexity index is 905. The predicted molar refractivity (Wildman–Crippen MR) is 95.8 cm³/mol. The number of carbonyl (C=O) groups excluding carboxylic acids is 3. The first-order valence-electron chi connectivity index (χ1n) is 8.53. The van der Waals surface area contributed by atoms with Crippen LogP contribution in [-0.4, -0.2) is 47.3 Å². The maximum Gasteiger partial charge on any atom is 0.325 e. The van der Waals surface area contributed by atoms with Crippen molar-refractivity contribution >= 4 is 17.8 Å². The third-order valence-corrected chi connectivity index (χ3v) is 4.48. The molecule has 0 aromatic heterocycles. The van der Waals surface area contributed by atoms with Crippen LogP contribution in [0.5, 0.6) is 0 Å². The third kappa shape index (κ3) is 4.08. The molecule has 1 aliphatic rings. The van der Waals surface area contributed by atoms with E-state index in [0.717, 1.165) is 4.90 Å². The van der Waals surface area contributed by atoms with E-state index in [0.29, 0.717) is 11.1 Å². The molecule has 0 bridgehead atoms. The molecular weight excluding hydrogens is 360 g/mol. The van der Waals surface area contributed by atoms with Crippen LogP contribution in [0.15, 0.2) is 24.3 Å². The molecule has 2 rings (SSSR count). The molecule has 0 radical (unpaired) electrons. The van der Waals surface area contributed by atoms with Crippen molar-refractivity contribution in [3.8, 4) is 18.2 Å². The summed E-state index contributed by atoms with van der Waals surface area (Å²) in [5, 5.41) is 29.1. The summed E-state index contributed by atoms with van der Waals surface area (Å²) in [6, 6.07) is 11.4. The van der Waals surface area contributed by atoms with Gasteiger partial charge in [-0.05, 0) is 24.6 Å². The Kier molecular flexibility index (Phi) is 6.31. The minimum atomic E-state index is -1.39. The highest BCUT2D eigenvalue weighted by Crippen LogP contribution is 2.29. The van der Waals surface area contributed by atoms with Crippen LogP contribution in [-0.2, 0) is 15.1 Å². The first-order valence-corrected chi connectivity index (χ1v) is 8.53. The van der Waals surface area contributed by atoms with Gasteiger partial charge in [0.1, 0.15) is 12.1 Å². The zero-order valence-corrected chi connectivity index (χ0v) is 15.3. The smallest absolute Gasteiger partial charge is 0.325 e. The minimum Gasteiger partial charge on any atom is -0.339 e. The number of hydrogen-bond donors (Lipinski definition) is 1. The molecule has 1 heterocycles. The lowest BCUT2D eigenvalue weighted by Crippen LogP contribution is -2.45. The number of nitrogens with one attached hydrogen (secondary N) is 1. The van der Waals surface area contributed by atoms with Crippen LogP contribution in [0.2, 0.25) is 0 Å². The number of nitriles is 3. The number of rotatable bonds is 7. The quantitative estimate of drug-likeness (QED) is 0.701. The highest BCUT2D eigenvalue weighted by atomic mass is 16.2. The van der Waals surface area contributed by atoms with Gasteiger partial charge in [-0.3, -0.25) is 14.5 Å². The molecule has 0 spiro atoms. The largest absolute Gasteiger partial charge is 0.339 e. The van der Waals surface area contributed by atoms with Gasteiger partial charge < -0.3 is 10.2 Å². The fraction of sp³-hybridized carbons (Fsp3) is 0.368. The summed E-state index contributed by atoms with van der Waals surface area (Å²) >= 11 is 0. The van der Waals surface area contributed by atoms with Crippen molar-refractivity contribution in [2.75, 3.05) is 19.6 Å². The normalized spacial score (nSPS) is 18.0.